The van der Waals surface area contributed by atoms with Crippen LogP contribution in [0.3, 0.4) is 0 Å². The molecule has 0 spiro atoms. The first kappa shape index (κ1) is 21.3. The van der Waals surface area contributed by atoms with E-state index in [0.717, 1.165) is 37.6 Å². The van der Waals surface area contributed by atoms with Crippen LogP contribution in [0.15, 0.2) is 40.2 Å². The van der Waals surface area contributed by atoms with Gasteiger partial charge in [0.2, 0.25) is 11.9 Å². The van der Waals surface area contributed by atoms with Crippen LogP contribution in [-0.2, 0) is 17.9 Å². The van der Waals surface area contributed by atoms with Crippen molar-refractivity contribution in [1.29, 1.82) is 0 Å². The number of benzene rings is 1. The van der Waals surface area contributed by atoms with Crippen molar-refractivity contribution in [2.45, 2.75) is 45.3 Å². The Labute approximate surface area is 191 Å². The summed E-state index contributed by atoms with van der Waals surface area (Å²) in [7, 11) is 1.74. The van der Waals surface area contributed by atoms with Crippen LogP contribution in [0.5, 0.6) is 0 Å². The second-order valence-electron chi connectivity index (χ2n) is 8.64. The summed E-state index contributed by atoms with van der Waals surface area (Å²) in [4.78, 5) is 39.3. The van der Waals surface area contributed by atoms with E-state index in [2.05, 4.69) is 10.00 Å². The number of aromatic nitrogens is 4. The van der Waals surface area contributed by atoms with Crippen molar-refractivity contribution >= 4 is 40.0 Å². The Hall–Kier alpha value is -3.53. The van der Waals surface area contributed by atoms with Crippen molar-refractivity contribution in [2.75, 3.05) is 29.9 Å². The zero-order valence-electron chi connectivity index (χ0n) is 18.9. The van der Waals surface area contributed by atoms with Gasteiger partial charge in [-0.2, -0.15) is 5.10 Å². The largest absolute Gasteiger partial charge is 0.341 e. The first-order chi connectivity index (χ1) is 16.0. The molecule has 1 fully saturated rings. The van der Waals surface area contributed by atoms with Gasteiger partial charge in [-0.15, -0.1) is 0 Å². The van der Waals surface area contributed by atoms with Gasteiger partial charge in [0.25, 0.3) is 5.56 Å². The molecule has 1 atom stereocenters. The van der Waals surface area contributed by atoms with Crippen molar-refractivity contribution in [3.05, 3.63) is 40.8 Å². The minimum atomic E-state index is -0.240. The summed E-state index contributed by atoms with van der Waals surface area (Å²) in [5, 5.41) is 4.36. The number of fused-ring (bicyclic) bond motifs is 2. The molecule has 0 saturated carbocycles. The van der Waals surface area contributed by atoms with Crippen molar-refractivity contribution in [2.24, 2.45) is 10.7 Å². The fourth-order valence-corrected chi connectivity index (χ4v) is 4.66. The molecule has 33 heavy (non-hydrogen) atoms. The molecule has 1 unspecified atom stereocenters. The number of para-hydroxylation sites is 2. The zero-order chi connectivity index (χ0) is 23.1. The topological polar surface area (TPSA) is 115 Å². The molecular formula is C23H28N8O2. The zero-order valence-corrected chi connectivity index (χ0v) is 18.9. The third-order valence-corrected chi connectivity index (χ3v) is 6.37. The number of carbonyl (C=O) groups excluding carboxylic acids is 1. The number of amides is 1. The molecule has 0 radical (unpaired) electrons. The van der Waals surface area contributed by atoms with Gasteiger partial charge in [-0.3, -0.25) is 14.6 Å². The summed E-state index contributed by atoms with van der Waals surface area (Å²) < 4.78 is 3.32. The average molecular weight is 449 g/mol. The Balaban J connectivity index is 1.53. The minimum Gasteiger partial charge on any atom is -0.341 e. The van der Waals surface area contributed by atoms with Gasteiger partial charge in [-0.05, 0) is 31.9 Å². The van der Waals surface area contributed by atoms with Crippen molar-refractivity contribution in [1.82, 2.24) is 19.3 Å². The Morgan fingerprint density at radius 3 is 2.82 bits per heavy atom. The summed E-state index contributed by atoms with van der Waals surface area (Å²) in [6.07, 6.45) is 3.74. The lowest BCUT2D eigenvalue weighted by molar-refractivity contribution is -0.117. The quantitative estimate of drug-likeness (QED) is 0.649. The van der Waals surface area contributed by atoms with E-state index in [1.54, 1.807) is 18.1 Å². The van der Waals surface area contributed by atoms with Crippen LogP contribution in [0.2, 0.25) is 0 Å². The number of rotatable bonds is 4. The highest BCUT2D eigenvalue weighted by atomic mass is 16.2. The fourth-order valence-electron chi connectivity index (χ4n) is 4.66. The average Bonchev–Trinajstić information content (AvgIpc) is 3.15. The van der Waals surface area contributed by atoms with E-state index in [9.17, 15) is 9.59 Å². The summed E-state index contributed by atoms with van der Waals surface area (Å²) in [6.45, 7) is 4.33. The number of aliphatic imine (C=N–C) groups is 1. The predicted molar refractivity (Wildman–Crippen MR) is 128 cm³/mol. The number of imidazole rings is 1. The molecule has 2 aromatic heterocycles. The summed E-state index contributed by atoms with van der Waals surface area (Å²) in [6, 6.07) is 7.59. The van der Waals surface area contributed by atoms with Crippen LogP contribution in [0.1, 0.15) is 26.2 Å². The molecule has 4 heterocycles. The Morgan fingerprint density at radius 1 is 1.21 bits per heavy atom. The van der Waals surface area contributed by atoms with Crippen LogP contribution in [0.4, 0.5) is 17.3 Å². The summed E-state index contributed by atoms with van der Waals surface area (Å²) >= 11 is 0. The minimum absolute atomic E-state index is 0.0739. The summed E-state index contributed by atoms with van der Waals surface area (Å²) in [5.41, 5.74) is 9.06. The second kappa shape index (κ2) is 8.43. The number of nitrogens with two attached hydrogens (primary N) is 1. The molecule has 2 aliphatic rings. The van der Waals surface area contributed by atoms with Gasteiger partial charge >= 0.3 is 0 Å². The Morgan fingerprint density at radius 2 is 2.03 bits per heavy atom. The number of carbonyl (C=O) groups is 1. The van der Waals surface area contributed by atoms with E-state index >= 15 is 0 Å². The van der Waals surface area contributed by atoms with Crippen LogP contribution in [-0.4, -0.2) is 57.1 Å². The predicted octanol–water partition coefficient (Wildman–Crippen LogP) is 1.68. The molecule has 1 aromatic carbocycles. The molecule has 0 bridgehead atoms. The maximum absolute atomic E-state index is 13.5. The number of piperidine rings is 1. The molecule has 0 aliphatic carbocycles. The molecule has 172 valence electrons. The maximum Gasteiger partial charge on any atom is 0.293 e. The lowest BCUT2D eigenvalue weighted by Gasteiger charge is -2.31. The van der Waals surface area contributed by atoms with E-state index in [1.807, 2.05) is 35.8 Å². The molecule has 10 nitrogen and oxygen atoms in total. The van der Waals surface area contributed by atoms with Crippen molar-refractivity contribution < 1.29 is 4.79 Å². The van der Waals surface area contributed by atoms with Gasteiger partial charge < -0.3 is 20.1 Å². The number of aryl methyl sites for hydroxylation is 1. The molecule has 1 saturated heterocycles. The normalized spacial score (nSPS) is 18.9. The fraction of sp³-hybridized carbons (Fsp3) is 0.435. The second-order valence-corrected chi connectivity index (χ2v) is 8.64. The van der Waals surface area contributed by atoms with Gasteiger partial charge in [0.05, 0.1) is 30.5 Å². The first-order valence-corrected chi connectivity index (χ1v) is 11.3. The monoisotopic (exact) mass is 448 g/mol. The lowest BCUT2D eigenvalue weighted by atomic mass is 10.1. The highest BCUT2D eigenvalue weighted by Gasteiger charge is 2.25. The van der Waals surface area contributed by atoms with E-state index in [-0.39, 0.29) is 30.5 Å². The molecule has 2 aliphatic heterocycles. The van der Waals surface area contributed by atoms with E-state index in [1.165, 1.54) is 4.68 Å². The van der Waals surface area contributed by atoms with Gasteiger partial charge in [0, 0.05) is 38.4 Å². The smallest absolute Gasteiger partial charge is 0.293 e. The molecule has 2 N–H and O–H groups in total. The maximum atomic E-state index is 13.5. The van der Waals surface area contributed by atoms with Crippen LogP contribution < -0.4 is 21.1 Å². The van der Waals surface area contributed by atoms with E-state index < -0.39 is 0 Å². The number of anilines is 2. The van der Waals surface area contributed by atoms with Crippen LogP contribution >= 0.6 is 0 Å². The van der Waals surface area contributed by atoms with Gasteiger partial charge in [-0.25, -0.2) is 9.67 Å². The Bertz CT molecular complexity index is 1310. The molecule has 5 rings (SSSR count). The standard InChI is InChI=1S/C23H28N8O2/c1-3-30-21-18(27-23(30)29-10-6-7-15(24)13-29)12-25-31(22(21)33)14-16-11-20(32)28(2)19-9-5-4-8-17(19)26-16/h4-5,8-9,12,15H,3,6-7,10-11,13-14,24H2,1-2H3. The number of hydrogen-bond donors (Lipinski definition) is 1. The van der Waals surface area contributed by atoms with Gasteiger partial charge in [-0.1, -0.05) is 12.1 Å². The molecule has 1 amide bonds. The number of hydrogen-bond acceptors (Lipinski definition) is 7. The van der Waals surface area contributed by atoms with Crippen LogP contribution in [0, 0.1) is 0 Å². The van der Waals surface area contributed by atoms with Crippen molar-refractivity contribution in [3.8, 4) is 0 Å². The Kier molecular flexibility index (Phi) is 5.45. The van der Waals surface area contributed by atoms with Gasteiger partial charge in [0.1, 0.15) is 11.0 Å². The lowest BCUT2D eigenvalue weighted by Crippen LogP contribution is -2.44. The molecule has 3 aromatic rings. The third-order valence-electron chi connectivity index (χ3n) is 6.37. The number of nitrogens with zero attached hydrogens (tertiary/aromatic N) is 7. The van der Waals surface area contributed by atoms with E-state index in [0.29, 0.717) is 29.0 Å². The third kappa shape index (κ3) is 3.80. The highest BCUT2D eigenvalue weighted by molar-refractivity contribution is 6.11. The summed E-state index contributed by atoms with van der Waals surface area (Å²) in [5.74, 6) is 0.687. The van der Waals surface area contributed by atoms with Crippen molar-refractivity contribution in [3.63, 3.8) is 0 Å². The first-order valence-electron chi connectivity index (χ1n) is 11.3. The van der Waals surface area contributed by atoms with Gasteiger partial charge in [0.15, 0.2) is 0 Å². The SMILES string of the molecule is CCn1c(N2CCCC(N)C2)nc2cnn(CC3=Nc4ccccc4N(C)C(=O)C3)c(=O)c21. The van der Waals surface area contributed by atoms with Crippen LogP contribution in [0.25, 0.3) is 11.0 Å². The molecular weight excluding hydrogens is 420 g/mol. The molecule has 10 heteroatoms. The van der Waals surface area contributed by atoms with E-state index in [4.69, 9.17) is 15.7 Å². The highest BCUT2D eigenvalue weighted by Crippen LogP contribution is 2.31.